The van der Waals surface area contributed by atoms with Gasteiger partial charge in [-0.05, 0) is 49.4 Å². The second-order valence-electron chi connectivity index (χ2n) is 5.65. The number of benzene rings is 1. The molecule has 3 heteroatoms. The van der Waals surface area contributed by atoms with E-state index in [1.165, 1.54) is 23.1 Å². The number of aryl methyl sites for hydroxylation is 1. The van der Waals surface area contributed by atoms with Crippen molar-refractivity contribution in [2.24, 2.45) is 11.7 Å². The van der Waals surface area contributed by atoms with Gasteiger partial charge in [-0.2, -0.15) is 0 Å². The predicted molar refractivity (Wildman–Crippen MR) is 79.3 cm³/mol. The van der Waals surface area contributed by atoms with Gasteiger partial charge < -0.3 is 10.5 Å². The van der Waals surface area contributed by atoms with E-state index < -0.39 is 0 Å². The maximum atomic E-state index is 6.05. The molecule has 0 aliphatic carbocycles. The quantitative estimate of drug-likeness (QED) is 0.884. The Morgan fingerprint density at radius 1 is 1.42 bits per heavy atom. The first-order valence-electron chi connectivity index (χ1n) is 7.16. The number of hydrogen-bond donors (Lipinski definition) is 1. The molecule has 1 saturated heterocycles. The Hall–Kier alpha value is -0.900. The highest BCUT2D eigenvalue weighted by molar-refractivity contribution is 5.35. The van der Waals surface area contributed by atoms with Crippen LogP contribution < -0.4 is 5.73 Å². The molecule has 2 unspecified atom stereocenters. The number of methoxy groups -OCH3 is 1. The zero-order valence-electron chi connectivity index (χ0n) is 12.4. The predicted octanol–water partition coefficient (Wildman–Crippen LogP) is 2.27. The van der Waals surface area contributed by atoms with E-state index in [9.17, 15) is 0 Å². The first-order valence-corrected chi connectivity index (χ1v) is 7.16. The van der Waals surface area contributed by atoms with Crippen LogP contribution in [0.2, 0.25) is 0 Å². The summed E-state index contributed by atoms with van der Waals surface area (Å²) in [5.41, 5.74) is 10.2. The average Bonchev–Trinajstić information content (AvgIpc) is 2.84. The van der Waals surface area contributed by atoms with Crippen molar-refractivity contribution in [2.45, 2.75) is 26.3 Å². The molecule has 0 spiro atoms. The molecule has 1 aromatic rings. The van der Waals surface area contributed by atoms with Crippen LogP contribution in [0.1, 0.15) is 29.2 Å². The average molecular weight is 262 g/mol. The summed E-state index contributed by atoms with van der Waals surface area (Å²) in [6.07, 6.45) is 1.22. The molecule has 19 heavy (non-hydrogen) atoms. The molecule has 106 valence electrons. The number of rotatable bonds is 5. The molecular formula is C16H26N2O. The van der Waals surface area contributed by atoms with E-state index in [1.54, 1.807) is 7.11 Å². The van der Waals surface area contributed by atoms with Crippen LogP contribution in [-0.4, -0.2) is 38.3 Å². The van der Waals surface area contributed by atoms with Crippen molar-refractivity contribution in [1.82, 2.24) is 4.90 Å². The summed E-state index contributed by atoms with van der Waals surface area (Å²) in [5.74, 6) is 0.657. The fourth-order valence-electron chi connectivity index (χ4n) is 3.12. The summed E-state index contributed by atoms with van der Waals surface area (Å²) in [4.78, 5) is 2.52. The van der Waals surface area contributed by atoms with Crippen LogP contribution in [0.3, 0.4) is 0 Å². The lowest BCUT2D eigenvalue weighted by Gasteiger charge is -2.29. The maximum Gasteiger partial charge on any atom is 0.0503 e. The second kappa shape index (κ2) is 6.51. The van der Waals surface area contributed by atoms with Gasteiger partial charge >= 0.3 is 0 Å². The SMILES string of the molecule is COCC1CCN(C(CN)c2cccc(C)c2C)C1. The summed E-state index contributed by atoms with van der Waals surface area (Å²) in [6, 6.07) is 6.89. The third-order valence-electron chi connectivity index (χ3n) is 4.39. The summed E-state index contributed by atoms with van der Waals surface area (Å²) < 4.78 is 5.28. The molecule has 1 aliphatic rings. The van der Waals surface area contributed by atoms with Gasteiger partial charge in [0, 0.05) is 26.2 Å². The summed E-state index contributed by atoms with van der Waals surface area (Å²) in [5, 5.41) is 0. The molecule has 0 saturated carbocycles. The smallest absolute Gasteiger partial charge is 0.0503 e. The summed E-state index contributed by atoms with van der Waals surface area (Å²) in [7, 11) is 1.79. The summed E-state index contributed by atoms with van der Waals surface area (Å²) >= 11 is 0. The molecule has 2 atom stereocenters. The van der Waals surface area contributed by atoms with Crippen molar-refractivity contribution in [1.29, 1.82) is 0 Å². The van der Waals surface area contributed by atoms with Crippen molar-refractivity contribution in [2.75, 3.05) is 33.4 Å². The minimum absolute atomic E-state index is 0.349. The topological polar surface area (TPSA) is 38.5 Å². The molecule has 3 nitrogen and oxygen atoms in total. The zero-order chi connectivity index (χ0) is 13.8. The normalized spacial score (nSPS) is 21.8. The lowest BCUT2D eigenvalue weighted by atomic mass is 9.96. The zero-order valence-corrected chi connectivity index (χ0v) is 12.4. The van der Waals surface area contributed by atoms with Crippen molar-refractivity contribution in [3.05, 3.63) is 34.9 Å². The lowest BCUT2D eigenvalue weighted by Crippen LogP contribution is -2.33. The van der Waals surface area contributed by atoms with Crippen LogP contribution in [0, 0.1) is 19.8 Å². The van der Waals surface area contributed by atoms with Gasteiger partial charge in [0.05, 0.1) is 6.61 Å². The molecule has 0 aromatic heterocycles. The Balaban J connectivity index is 2.14. The first kappa shape index (κ1) is 14.5. The molecule has 2 N–H and O–H groups in total. The van der Waals surface area contributed by atoms with E-state index >= 15 is 0 Å². The largest absolute Gasteiger partial charge is 0.384 e. The van der Waals surface area contributed by atoms with E-state index in [2.05, 4.69) is 36.9 Å². The highest BCUT2D eigenvalue weighted by Gasteiger charge is 2.29. The van der Waals surface area contributed by atoms with E-state index in [-0.39, 0.29) is 0 Å². The maximum absolute atomic E-state index is 6.05. The van der Waals surface area contributed by atoms with Gasteiger partial charge in [0.25, 0.3) is 0 Å². The molecule has 1 aromatic carbocycles. The van der Waals surface area contributed by atoms with Crippen molar-refractivity contribution in [3.8, 4) is 0 Å². The molecular weight excluding hydrogens is 236 g/mol. The molecule has 1 aliphatic heterocycles. The van der Waals surface area contributed by atoms with Crippen molar-refractivity contribution < 1.29 is 4.74 Å². The second-order valence-corrected chi connectivity index (χ2v) is 5.65. The highest BCUT2D eigenvalue weighted by atomic mass is 16.5. The van der Waals surface area contributed by atoms with Gasteiger partial charge in [0.15, 0.2) is 0 Å². The minimum atomic E-state index is 0.349. The Kier molecular flexibility index (Phi) is 4.97. The molecule has 0 amide bonds. The monoisotopic (exact) mass is 262 g/mol. The number of likely N-dealkylation sites (tertiary alicyclic amines) is 1. The van der Waals surface area contributed by atoms with Gasteiger partial charge in [-0.25, -0.2) is 0 Å². The highest BCUT2D eigenvalue weighted by Crippen LogP contribution is 2.29. The van der Waals surface area contributed by atoms with Gasteiger partial charge in [-0.15, -0.1) is 0 Å². The van der Waals surface area contributed by atoms with Crippen LogP contribution in [0.25, 0.3) is 0 Å². The van der Waals surface area contributed by atoms with Crippen molar-refractivity contribution >= 4 is 0 Å². The van der Waals surface area contributed by atoms with Crippen molar-refractivity contribution in [3.63, 3.8) is 0 Å². The molecule has 0 radical (unpaired) electrons. The number of nitrogens with two attached hydrogens (primary N) is 1. The minimum Gasteiger partial charge on any atom is -0.384 e. The van der Waals surface area contributed by atoms with Crippen LogP contribution in [0.5, 0.6) is 0 Å². The van der Waals surface area contributed by atoms with Crippen LogP contribution in [0.4, 0.5) is 0 Å². The Bertz CT molecular complexity index is 419. The molecule has 0 bridgehead atoms. The lowest BCUT2D eigenvalue weighted by molar-refractivity contribution is 0.147. The van der Waals surface area contributed by atoms with Gasteiger partial charge in [-0.1, -0.05) is 18.2 Å². The van der Waals surface area contributed by atoms with E-state index in [4.69, 9.17) is 10.5 Å². The van der Waals surface area contributed by atoms with Gasteiger partial charge in [0.2, 0.25) is 0 Å². The van der Waals surface area contributed by atoms with E-state index in [0.29, 0.717) is 18.5 Å². The number of nitrogens with zero attached hydrogens (tertiary/aromatic N) is 1. The third kappa shape index (κ3) is 3.16. The molecule has 2 rings (SSSR count). The Labute approximate surface area is 116 Å². The van der Waals surface area contributed by atoms with E-state index in [0.717, 1.165) is 19.7 Å². The first-order chi connectivity index (χ1) is 9.17. The fraction of sp³-hybridized carbons (Fsp3) is 0.625. The fourth-order valence-corrected chi connectivity index (χ4v) is 3.12. The Morgan fingerprint density at radius 2 is 2.21 bits per heavy atom. The van der Waals surface area contributed by atoms with Crippen LogP contribution in [-0.2, 0) is 4.74 Å². The van der Waals surface area contributed by atoms with E-state index in [1.807, 2.05) is 0 Å². The van der Waals surface area contributed by atoms with Gasteiger partial charge in [-0.3, -0.25) is 4.90 Å². The third-order valence-corrected chi connectivity index (χ3v) is 4.39. The molecule has 1 heterocycles. The van der Waals surface area contributed by atoms with Gasteiger partial charge in [0.1, 0.15) is 0 Å². The number of ether oxygens (including phenoxy) is 1. The summed E-state index contributed by atoms with van der Waals surface area (Å²) in [6.45, 7) is 8.15. The van der Waals surface area contributed by atoms with Crippen LogP contribution >= 0.6 is 0 Å². The van der Waals surface area contributed by atoms with Crippen LogP contribution in [0.15, 0.2) is 18.2 Å². The standard InChI is InChI=1S/C16H26N2O/c1-12-5-4-6-15(13(12)2)16(9-17)18-8-7-14(10-18)11-19-3/h4-6,14,16H,7-11,17H2,1-3H3. The Morgan fingerprint density at radius 3 is 2.89 bits per heavy atom. The number of hydrogen-bond acceptors (Lipinski definition) is 3. The molecule has 1 fully saturated rings.